The molecule has 0 heterocycles. The van der Waals surface area contributed by atoms with E-state index in [1.807, 2.05) is 0 Å². The Bertz CT molecular complexity index is 376. The van der Waals surface area contributed by atoms with Crippen LogP contribution in [0.2, 0.25) is 39.3 Å². The smallest absolute Gasteiger partial charge is 0.287 e. The summed E-state index contributed by atoms with van der Waals surface area (Å²) in [6.45, 7) is 20.0. The van der Waals surface area contributed by atoms with Crippen LogP contribution >= 0.6 is 0 Å². The average Bonchev–Trinajstić information content (AvgIpc) is 2.31. The third kappa shape index (κ3) is 8.29. The Kier molecular flexibility index (Phi) is 7.26. The SMILES string of the molecule is CC(C)[C@@H]1CC[C@@H](C)C[C@H]1OC=C(O[Si](C)(C)C)O[Si](C)(C)C. The van der Waals surface area contributed by atoms with Crippen molar-refractivity contribution in [2.24, 2.45) is 17.8 Å². The molecule has 136 valence electrons. The second kappa shape index (κ2) is 8.10. The zero-order valence-electron chi connectivity index (χ0n) is 16.7. The number of rotatable bonds is 7. The van der Waals surface area contributed by atoms with Crippen LogP contribution in [0.25, 0.3) is 0 Å². The van der Waals surface area contributed by atoms with E-state index < -0.39 is 16.6 Å². The molecule has 23 heavy (non-hydrogen) atoms. The lowest BCUT2D eigenvalue weighted by molar-refractivity contribution is 0.00472. The lowest BCUT2D eigenvalue weighted by Crippen LogP contribution is -2.34. The normalized spacial score (nSPS) is 25.9. The van der Waals surface area contributed by atoms with Gasteiger partial charge in [-0.1, -0.05) is 27.2 Å². The molecule has 1 aliphatic carbocycles. The predicted molar refractivity (Wildman–Crippen MR) is 103 cm³/mol. The molecule has 3 nitrogen and oxygen atoms in total. The molecule has 3 atom stereocenters. The van der Waals surface area contributed by atoms with Crippen molar-refractivity contribution in [3.63, 3.8) is 0 Å². The van der Waals surface area contributed by atoms with Crippen LogP contribution in [0, 0.1) is 17.8 Å². The van der Waals surface area contributed by atoms with Gasteiger partial charge in [-0.05, 0) is 69.9 Å². The fraction of sp³-hybridized carbons (Fsp3) is 0.889. The maximum absolute atomic E-state index is 6.21. The molecule has 0 saturated heterocycles. The molecule has 0 radical (unpaired) electrons. The molecule has 1 rings (SSSR count). The van der Waals surface area contributed by atoms with Gasteiger partial charge in [-0.2, -0.15) is 0 Å². The van der Waals surface area contributed by atoms with Crippen LogP contribution in [0.5, 0.6) is 0 Å². The highest BCUT2D eigenvalue weighted by Gasteiger charge is 2.32. The van der Waals surface area contributed by atoms with E-state index in [2.05, 4.69) is 60.1 Å². The molecular weight excluding hydrogens is 320 g/mol. The Hall–Kier alpha value is -0.426. The van der Waals surface area contributed by atoms with Gasteiger partial charge in [0.25, 0.3) is 5.95 Å². The molecule has 0 aromatic carbocycles. The summed E-state index contributed by atoms with van der Waals surface area (Å²) in [5.74, 6) is 2.62. The fourth-order valence-corrected chi connectivity index (χ4v) is 4.56. The van der Waals surface area contributed by atoms with E-state index in [0.29, 0.717) is 17.8 Å². The predicted octanol–water partition coefficient (Wildman–Crippen LogP) is 5.97. The molecule has 0 N–H and O–H groups in total. The summed E-state index contributed by atoms with van der Waals surface area (Å²) in [5.41, 5.74) is 0. The molecule has 1 aliphatic rings. The summed E-state index contributed by atoms with van der Waals surface area (Å²) < 4.78 is 18.4. The van der Waals surface area contributed by atoms with Crippen LogP contribution in [0.4, 0.5) is 0 Å². The van der Waals surface area contributed by atoms with Crippen molar-refractivity contribution >= 4 is 16.6 Å². The first-order valence-corrected chi connectivity index (χ1v) is 15.9. The number of ether oxygens (including phenoxy) is 1. The molecule has 0 aromatic heterocycles. The third-order valence-corrected chi connectivity index (χ3v) is 5.74. The van der Waals surface area contributed by atoms with Crippen molar-refractivity contribution in [3.05, 3.63) is 12.2 Å². The van der Waals surface area contributed by atoms with Crippen LogP contribution in [0.1, 0.15) is 40.0 Å². The first-order valence-electron chi connectivity index (χ1n) is 9.11. The van der Waals surface area contributed by atoms with E-state index in [0.717, 1.165) is 12.3 Å². The van der Waals surface area contributed by atoms with Crippen LogP contribution in [-0.4, -0.2) is 22.7 Å². The molecule has 0 amide bonds. The Morgan fingerprint density at radius 2 is 1.48 bits per heavy atom. The van der Waals surface area contributed by atoms with Gasteiger partial charge in [-0.15, -0.1) is 0 Å². The van der Waals surface area contributed by atoms with Crippen molar-refractivity contribution in [3.8, 4) is 0 Å². The summed E-state index contributed by atoms with van der Waals surface area (Å²) >= 11 is 0. The molecular formula is C18H38O3Si2. The molecule has 5 heteroatoms. The van der Waals surface area contributed by atoms with Gasteiger partial charge in [0, 0.05) is 0 Å². The highest BCUT2D eigenvalue weighted by Crippen LogP contribution is 2.35. The summed E-state index contributed by atoms with van der Waals surface area (Å²) in [6.07, 6.45) is 5.76. The Morgan fingerprint density at radius 1 is 0.957 bits per heavy atom. The molecule has 0 unspecified atom stereocenters. The Morgan fingerprint density at radius 3 is 1.91 bits per heavy atom. The fourth-order valence-electron chi connectivity index (χ4n) is 3.09. The topological polar surface area (TPSA) is 27.7 Å². The van der Waals surface area contributed by atoms with Gasteiger partial charge in [-0.3, -0.25) is 0 Å². The summed E-state index contributed by atoms with van der Waals surface area (Å²) in [4.78, 5) is 0. The van der Waals surface area contributed by atoms with E-state index >= 15 is 0 Å². The first kappa shape index (κ1) is 20.6. The lowest BCUT2D eigenvalue weighted by Gasteiger charge is -2.37. The second-order valence-electron chi connectivity index (χ2n) is 9.37. The summed E-state index contributed by atoms with van der Waals surface area (Å²) in [6, 6.07) is 0. The van der Waals surface area contributed by atoms with Gasteiger partial charge in [0.2, 0.25) is 16.6 Å². The highest BCUT2D eigenvalue weighted by molar-refractivity contribution is 6.71. The zero-order chi connectivity index (χ0) is 17.8. The van der Waals surface area contributed by atoms with Gasteiger partial charge < -0.3 is 13.6 Å². The van der Waals surface area contributed by atoms with E-state index in [-0.39, 0.29) is 6.10 Å². The van der Waals surface area contributed by atoms with E-state index in [9.17, 15) is 0 Å². The molecule has 1 saturated carbocycles. The minimum atomic E-state index is -1.71. The van der Waals surface area contributed by atoms with Crippen molar-refractivity contribution in [2.45, 2.75) is 85.4 Å². The van der Waals surface area contributed by atoms with Crippen LogP contribution in [0.3, 0.4) is 0 Å². The largest absolute Gasteiger partial charge is 0.518 e. The van der Waals surface area contributed by atoms with Gasteiger partial charge in [-0.25, -0.2) is 0 Å². The molecule has 0 aliphatic heterocycles. The maximum atomic E-state index is 6.21. The lowest BCUT2D eigenvalue weighted by atomic mass is 9.75. The quantitative estimate of drug-likeness (QED) is 0.415. The first-order chi connectivity index (χ1) is 10.4. The highest BCUT2D eigenvalue weighted by atomic mass is 28.4. The van der Waals surface area contributed by atoms with Crippen LogP contribution in [0.15, 0.2) is 12.2 Å². The maximum Gasteiger partial charge on any atom is 0.287 e. The van der Waals surface area contributed by atoms with Gasteiger partial charge >= 0.3 is 0 Å². The van der Waals surface area contributed by atoms with Crippen molar-refractivity contribution in [1.82, 2.24) is 0 Å². The molecule has 0 aromatic rings. The second-order valence-corrected chi connectivity index (χ2v) is 18.2. The number of hydrogen-bond donors (Lipinski definition) is 0. The minimum absolute atomic E-state index is 0.282. The monoisotopic (exact) mass is 358 g/mol. The molecule has 0 bridgehead atoms. The zero-order valence-corrected chi connectivity index (χ0v) is 18.7. The summed E-state index contributed by atoms with van der Waals surface area (Å²) in [5, 5.41) is 0. The van der Waals surface area contributed by atoms with E-state index in [1.54, 1.807) is 6.26 Å². The van der Waals surface area contributed by atoms with Crippen molar-refractivity contribution in [1.29, 1.82) is 0 Å². The van der Waals surface area contributed by atoms with Crippen molar-refractivity contribution in [2.75, 3.05) is 0 Å². The van der Waals surface area contributed by atoms with Crippen LogP contribution < -0.4 is 0 Å². The molecule has 0 spiro atoms. The summed E-state index contributed by atoms with van der Waals surface area (Å²) in [7, 11) is -3.42. The van der Waals surface area contributed by atoms with Crippen LogP contribution in [-0.2, 0) is 13.6 Å². The third-order valence-electron chi connectivity index (χ3n) is 4.11. The van der Waals surface area contributed by atoms with E-state index in [1.165, 1.54) is 12.8 Å². The number of hydrogen-bond acceptors (Lipinski definition) is 3. The Balaban J connectivity index is 2.83. The van der Waals surface area contributed by atoms with Gasteiger partial charge in [0.05, 0.1) is 0 Å². The van der Waals surface area contributed by atoms with Crippen molar-refractivity contribution < 1.29 is 13.6 Å². The minimum Gasteiger partial charge on any atom is -0.518 e. The standard InChI is InChI=1S/C18H38O3Si2/c1-14(2)16-11-10-15(3)12-17(16)19-13-18(20-22(4,5)6)21-23(7,8)9/h13-17H,10-12H2,1-9H3/t15-,16+,17-/m1/s1. The van der Waals surface area contributed by atoms with Gasteiger partial charge in [0.15, 0.2) is 6.26 Å². The average molecular weight is 359 g/mol. The molecule has 1 fully saturated rings. The van der Waals surface area contributed by atoms with Gasteiger partial charge in [0.1, 0.15) is 6.10 Å². The van der Waals surface area contributed by atoms with E-state index in [4.69, 9.17) is 13.6 Å². The Labute approximate surface area is 146 Å².